The Labute approximate surface area is 87.2 Å². The Hall–Kier alpha value is -1.85. The van der Waals surface area contributed by atoms with Crippen LogP contribution >= 0.6 is 0 Å². The maximum atomic E-state index is 11.5. The number of rotatable bonds is 3. The number of nitrogens with one attached hydrogen (secondary N) is 1. The lowest BCUT2D eigenvalue weighted by Gasteiger charge is -2.09. The molecule has 6 nitrogen and oxygen atoms in total. The molecule has 0 aliphatic heterocycles. The smallest absolute Gasteiger partial charge is 0.328 e. The van der Waals surface area contributed by atoms with Crippen molar-refractivity contribution in [3.63, 3.8) is 0 Å². The summed E-state index contributed by atoms with van der Waals surface area (Å²) in [7, 11) is 2.98. The summed E-state index contributed by atoms with van der Waals surface area (Å²) in [5.41, 5.74) is 0.272. The molecule has 82 valence electrons. The van der Waals surface area contributed by atoms with E-state index in [1.807, 2.05) is 0 Å². The lowest BCUT2D eigenvalue weighted by molar-refractivity contribution is -0.142. The minimum atomic E-state index is -0.676. The number of methoxy groups -OCH3 is 1. The van der Waals surface area contributed by atoms with Crippen LogP contribution in [0.5, 0.6) is 0 Å². The van der Waals surface area contributed by atoms with E-state index in [0.717, 1.165) is 0 Å². The predicted molar refractivity (Wildman–Crippen MR) is 52.2 cm³/mol. The molecule has 0 bridgehead atoms. The van der Waals surface area contributed by atoms with E-state index in [1.165, 1.54) is 11.8 Å². The second-order valence-corrected chi connectivity index (χ2v) is 3.09. The minimum absolute atomic E-state index is 0.272. The third-order valence-electron chi connectivity index (χ3n) is 1.85. The summed E-state index contributed by atoms with van der Waals surface area (Å²) in [4.78, 5) is 22.5. The van der Waals surface area contributed by atoms with Gasteiger partial charge in [-0.1, -0.05) is 0 Å². The van der Waals surface area contributed by atoms with Gasteiger partial charge in [0, 0.05) is 13.2 Å². The Morgan fingerprint density at radius 1 is 1.60 bits per heavy atom. The summed E-state index contributed by atoms with van der Waals surface area (Å²) in [6.07, 6.45) is 1.65. The first-order valence-electron chi connectivity index (χ1n) is 4.43. The Kier molecular flexibility index (Phi) is 3.43. The van der Waals surface area contributed by atoms with Crippen molar-refractivity contribution < 1.29 is 14.3 Å². The molecule has 1 aromatic heterocycles. The average Bonchev–Trinajstić information content (AvgIpc) is 2.63. The molecule has 0 saturated carbocycles. The molecule has 15 heavy (non-hydrogen) atoms. The van der Waals surface area contributed by atoms with Gasteiger partial charge in [-0.05, 0) is 13.0 Å². The fourth-order valence-electron chi connectivity index (χ4n) is 1.04. The zero-order valence-electron chi connectivity index (χ0n) is 8.85. The molecule has 0 aliphatic rings. The number of hydrogen-bond donors (Lipinski definition) is 1. The molecule has 6 heteroatoms. The number of amides is 1. The van der Waals surface area contributed by atoms with Crippen LogP contribution in [0.15, 0.2) is 12.3 Å². The van der Waals surface area contributed by atoms with E-state index in [2.05, 4.69) is 15.2 Å². The Balaban J connectivity index is 2.60. The van der Waals surface area contributed by atoms with Gasteiger partial charge >= 0.3 is 5.97 Å². The molecule has 1 amide bonds. The van der Waals surface area contributed by atoms with Crippen molar-refractivity contribution in [1.82, 2.24) is 15.1 Å². The molecule has 1 N–H and O–H groups in total. The molecule has 0 aromatic carbocycles. The van der Waals surface area contributed by atoms with E-state index >= 15 is 0 Å². The van der Waals surface area contributed by atoms with Crippen LogP contribution in [-0.2, 0) is 16.6 Å². The highest BCUT2D eigenvalue weighted by Crippen LogP contribution is 1.95. The molecule has 0 saturated heterocycles. The molecular weight excluding hydrogens is 198 g/mol. The lowest BCUT2D eigenvalue weighted by atomic mass is 10.3. The van der Waals surface area contributed by atoms with E-state index < -0.39 is 17.9 Å². The van der Waals surface area contributed by atoms with Crippen LogP contribution in [0, 0.1) is 0 Å². The topological polar surface area (TPSA) is 73.2 Å². The van der Waals surface area contributed by atoms with Crippen LogP contribution in [0.25, 0.3) is 0 Å². The summed E-state index contributed by atoms with van der Waals surface area (Å²) in [6.45, 7) is 1.55. The molecule has 0 spiro atoms. The third-order valence-corrected chi connectivity index (χ3v) is 1.85. The first-order valence-corrected chi connectivity index (χ1v) is 4.43. The maximum absolute atomic E-state index is 11.5. The van der Waals surface area contributed by atoms with E-state index in [9.17, 15) is 9.59 Å². The largest absolute Gasteiger partial charge is 0.467 e. The second-order valence-electron chi connectivity index (χ2n) is 3.09. The van der Waals surface area contributed by atoms with Gasteiger partial charge in [0.2, 0.25) is 0 Å². The summed E-state index contributed by atoms with van der Waals surface area (Å²) in [5.74, 6) is -0.882. The van der Waals surface area contributed by atoms with Crippen molar-refractivity contribution in [3.05, 3.63) is 18.0 Å². The SMILES string of the molecule is COC(=O)C(C)NC(=O)c1ccn(C)n1. The van der Waals surface area contributed by atoms with Crippen molar-refractivity contribution in [3.8, 4) is 0 Å². The predicted octanol–water partition coefficient (Wildman–Crippen LogP) is -0.289. The normalized spacial score (nSPS) is 11.9. The van der Waals surface area contributed by atoms with Crippen LogP contribution in [0.1, 0.15) is 17.4 Å². The van der Waals surface area contributed by atoms with Gasteiger partial charge in [-0.15, -0.1) is 0 Å². The summed E-state index contributed by atoms with van der Waals surface area (Å²) >= 11 is 0. The van der Waals surface area contributed by atoms with E-state index in [-0.39, 0.29) is 5.69 Å². The maximum Gasteiger partial charge on any atom is 0.328 e. The fraction of sp³-hybridized carbons (Fsp3) is 0.444. The molecule has 0 fully saturated rings. The van der Waals surface area contributed by atoms with Gasteiger partial charge < -0.3 is 10.1 Å². The Morgan fingerprint density at radius 3 is 2.73 bits per heavy atom. The highest BCUT2D eigenvalue weighted by atomic mass is 16.5. The molecule has 1 heterocycles. The van der Waals surface area contributed by atoms with E-state index in [0.29, 0.717) is 0 Å². The second kappa shape index (κ2) is 4.59. The van der Waals surface area contributed by atoms with Crippen molar-refractivity contribution in [1.29, 1.82) is 0 Å². The molecule has 1 unspecified atom stereocenters. The number of nitrogens with zero attached hydrogens (tertiary/aromatic N) is 2. The lowest BCUT2D eigenvalue weighted by Crippen LogP contribution is -2.39. The van der Waals surface area contributed by atoms with Crippen LogP contribution in [0.3, 0.4) is 0 Å². The minimum Gasteiger partial charge on any atom is -0.467 e. The fourth-order valence-corrected chi connectivity index (χ4v) is 1.04. The van der Waals surface area contributed by atoms with Crippen LogP contribution in [0.2, 0.25) is 0 Å². The number of aromatic nitrogens is 2. The monoisotopic (exact) mass is 211 g/mol. The Bertz CT molecular complexity index is 372. The number of ether oxygens (including phenoxy) is 1. The van der Waals surface area contributed by atoms with Crippen molar-refractivity contribution >= 4 is 11.9 Å². The summed E-state index contributed by atoms with van der Waals surface area (Å²) < 4.78 is 5.99. The van der Waals surface area contributed by atoms with Gasteiger partial charge in [-0.2, -0.15) is 5.10 Å². The standard InChI is InChI=1S/C9H13N3O3/c1-6(9(14)15-3)10-8(13)7-4-5-12(2)11-7/h4-6H,1-3H3,(H,10,13). The quantitative estimate of drug-likeness (QED) is 0.697. The summed E-state index contributed by atoms with van der Waals surface area (Å²) in [5, 5.41) is 6.37. The van der Waals surface area contributed by atoms with Gasteiger partial charge in [-0.25, -0.2) is 4.79 Å². The number of esters is 1. The number of carbonyl (C=O) groups is 2. The van der Waals surface area contributed by atoms with E-state index in [1.54, 1.807) is 26.2 Å². The first-order chi connectivity index (χ1) is 7.04. The summed E-state index contributed by atoms with van der Waals surface area (Å²) in [6, 6.07) is 0.892. The number of aryl methyl sites for hydroxylation is 1. The van der Waals surface area contributed by atoms with Crippen molar-refractivity contribution in [2.75, 3.05) is 7.11 Å². The van der Waals surface area contributed by atoms with Crippen molar-refractivity contribution in [2.24, 2.45) is 7.05 Å². The van der Waals surface area contributed by atoms with Crippen LogP contribution < -0.4 is 5.32 Å². The van der Waals surface area contributed by atoms with Crippen LogP contribution in [-0.4, -0.2) is 34.8 Å². The highest BCUT2D eigenvalue weighted by Gasteiger charge is 2.17. The first kappa shape index (κ1) is 11.2. The average molecular weight is 211 g/mol. The van der Waals surface area contributed by atoms with E-state index in [4.69, 9.17) is 0 Å². The molecule has 1 atom stereocenters. The number of carbonyl (C=O) groups excluding carboxylic acids is 2. The molecule has 0 aliphatic carbocycles. The van der Waals surface area contributed by atoms with Gasteiger partial charge in [-0.3, -0.25) is 9.48 Å². The third kappa shape index (κ3) is 2.80. The Morgan fingerprint density at radius 2 is 2.27 bits per heavy atom. The zero-order valence-corrected chi connectivity index (χ0v) is 8.85. The molecule has 0 radical (unpaired) electrons. The highest BCUT2D eigenvalue weighted by molar-refractivity contribution is 5.94. The zero-order chi connectivity index (χ0) is 11.4. The van der Waals surface area contributed by atoms with Gasteiger partial charge in [0.1, 0.15) is 11.7 Å². The van der Waals surface area contributed by atoms with Gasteiger partial charge in [0.15, 0.2) is 0 Å². The van der Waals surface area contributed by atoms with Gasteiger partial charge in [0.25, 0.3) is 5.91 Å². The number of hydrogen-bond acceptors (Lipinski definition) is 4. The molecule has 1 aromatic rings. The van der Waals surface area contributed by atoms with Gasteiger partial charge in [0.05, 0.1) is 7.11 Å². The van der Waals surface area contributed by atoms with Crippen LogP contribution in [0.4, 0.5) is 0 Å². The molecular formula is C9H13N3O3. The molecule has 1 rings (SSSR count). The van der Waals surface area contributed by atoms with Crippen molar-refractivity contribution in [2.45, 2.75) is 13.0 Å².